The lowest BCUT2D eigenvalue weighted by Crippen LogP contribution is -2.48. The highest BCUT2D eigenvalue weighted by molar-refractivity contribution is 5.89. The van der Waals surface area contributed by atoms with Crippen LogP contribution in [0.25, 0.3) is 10.9 Å². The highest BCUT2D eigenvalue weighted by Gasteiger charge is 2.32. The van der Waals surface area contributed by atoms with Gasteiger partial charge in [-0.1, -0.05) is 57.7 Å². The SMILES string of the molecule is C[C@@H]1CCC[C@H](C)CC(N2CCCC[C@H]2C[C@H](C)n2cc(CC(=O)N=O)c3ccccc32)C1. The van der Waals surface area contributed by atoms with Crippen LogP contribution in [0.5, 0.6) is 0 Å². The van der Waals surface area contributed by atoms with Crippen molar-refractivity contribution < 1.29 is 4.79 Å². The highest BCUT2D eigenvalue weighted by Crippen LogP contribution is 2.35. The molecule has 2 heterocycles. The van der Waals surface area contributed by atoms with Gasteiger partial charge in [0, 0.05) is 40.4 Å². The lowest BCUT2D eigenvalue weighted by atomic mass is 9.82. The third-order valence-corrected chi connectivity index (χ3v) is 8.24. The fourth-order valence-corrected chi connectivity index (χ4v) is 6.59. The molecule has 0 N–H and O–H groups in total. The van der Waals surface area contributed by atoms with Gasteiger partial charge in [-0.25, -0.2) is 0 Å². The molecule has 1 aliphatic heterocycles. The number of hydrogen-bond donors (Lipinski definition) is 0. The Labute approximate surface area is 198 Å². The van der Waals surface area contributed by atoms with Crippen molar-refractivity contribution in [2.75, 3.05) is 6.54 Å². The van der Waals surface area contributed by atoms with Gasteiger partial charge in [0.05, 0.1) is 6.42 Å². The summed E-state index contributed by atoms with van der Waals surface area (Å²) in [4.78, 5) is 25.3. The van der Waals surface area contributed by atoms with Crippen LogP contribution in [0.2, 0.25) is 0 Å². The molecule has 5 heteroatoms. The van der Waals surface area contributed by atoms with Gasteiger partial charge in [-0.15, -0.1) is 4.91 Å². The van der Waals surface area contributed by atoms with Crippen molar-refractivity contribution >= 4 is 16.8 Å². The van der Waals surface area contributed by atoms with E-state index in [2.05, 4.69) is 59.8 Å². The highest BCUT2D eigenvalue weighted by atomic mass is 16.3. The molecule has 5 atom stereocenters. The average Bonchev–Trinajstić information content (AvgIpc) is 3.16. The Hall–Kier alpha value is -2.01. The number of amides is 1. The Kier molecular flexibility index (Phi) is 8.00. The van der Waals surface area contributed by atoms with Gasteiger partial charge < -0.3 is 4.57 Å². The minimum atomic E-state index is -0.600. The van der Waals surface area contributed by atoms with Gasteiger partial charge in [-0.3, -0.25) is 9.69 Å². The summed E-state index contributed by atoms with van der Waals surface area (Å²) in [6, 6.07) is 9.89. The topological polar surface area (TPSA) is 54.7 Å². The second-order valence-corrected chi connectivity index (χ2v) is 11.0. The van der Waals surface area contributed by atoms with Crippen LogP contribution in [-0.2, 0) is 11.2 Å². The summed E-state index contributed by atoms with van der Waals surface area (Å²) < 4.78 is 2.33. The van der Waals surface area contributed by atoms with Crippen LogP contribution in [0.3, 0.4) is 0 Å². The van der Waals surface area contributed by atoms with Gasteiger partial charge >= 0.3 is 0 Å². The van der Waals surface area contributed by atoms with Gasteiger partial charge in [-0.05, 0) is 69.0 Å². The number of carbonyl (C=O) groups is 1. The molecule has 33 heavy (non-hydrogen) atoms. The van der Waals surface area contributed by atoms with E-state index in [-0.39, 0.29) is 6.42 Å². The zero-order valence-electron chi connectivity index (χ0n) is 20.7. The van der Waals surface area contributed by atoms with Crippen LogP contribution in [0.4, 0.5) is 0 Å². The third kappa shape index (κ3) is 5.74. The van der Waals surface area contributed by atoms with Crippen LogP contribution >= 0.6 is 0 Å². The molecule has 0 radical (unpaired) electrons. The molecule has 180 valence electrons. The molecular weight excluding hydrogens is 410 g/mol. The van der Waals surface area contributed by atoms with Crippen molar-refractivity contribution in [1.29, 1.82) is 0 Å². The number of rotatable bonds is 6. The maximum Gasteiger partial charge on any atom is 0.290 e. The van der Waals surface area contributed by atoms with Crippen molar-refractivity contribution in [3.8, 4) is 0 Å². The number of hydrogen-bond acceptors (Lipinski definition) is 3. The minimum Gasteiger partial charge on any atom is -0.344 e. The third-order valence-electron chi connectivity index (χ3n) is 8.24. The van der Waals surface area contributed by atoms with Crippen LogP contribution in [-0.4, -0.2) is 34.0 Å². The van der Waals surface area contributed by atoms with E-state index in [0.29, 0.717) is 18.1 Å². The molecule has 1 aliphatic carbocycles. The molecule has 1 saturated heterocycles. The largest absolute Gasteiger partial charge is 0.344 e. The summed E-state index contributed by atoms with van der Waals surface area (Å²) in [5.74, 6) is 1.04. The maximum atomic E-state index is 11.7. The van der Waals surface area contributed by atoms with Crippen molar-refractivity contribution in [2.45, 2.75) is 103 Å². The number of benzene rings is 1. The predicted octanol–water partition coefficient (Wildman–Crippen LogP) is 6.89. The van der Waals surface area contributed by atoms with Crippen molar-refractivity contribution in [1.82, 2.24) is 9.47 Å². The molecular formula is C28H41N3O2. The second-order valence-electron chi connectivity index (χ2n) is 11.0. The smallest absolute Gasteiger partial charge is 0.290 e. The number of aromatic nitrogens is 1. The van der Waals surface area contributed by atoms with E-state index in [0.717, 1.165) is 34.7 Å². The van der Waals surface area contributed by atoms with Crippen molar-refractivity contribution in [3.63, 3.8) is 0 Å². The normalized spacial score (nSPS) is 28.2. The standard InChI is InChI=1S/C28H41N3O2/c1-20-9-8-10-21(2)16-25(15-20)30-14-7-6-11-24(30)17-22(3)31-19-23(18-28(32)29-33)26-12-4-5-13-27(26)31/h4-5,12-13,19-22,24-25H,6-11,14-18H2,1-3H3/t20-,21+,22-,24-,25?/m0/s1. The summed E-state index contributed by atoms with van der Waals surface area (Å²) in [6.45, 7) is 8.45. The summed E-state index contributed by atoms with van der Waals surface area (Å²) in [7, 11) is 0. The van der Waals surface area contributed by atoms with E-state index < -0.39 is 5.91 Å². The molecule has 1 aromatic heterocycles. The van der Waals surface area contributed by atoms with E-state index in [1.54, 1.807) is 0 Å². The summed E-state index contributed by atoms with van der Waals surface area (Å²) in [5, 5.41) is 3.68. The Morgan fingerprint density at radius 2 is 1.79 bits per heavy atom. The van der Waals surface area contributed by atoms with Gasteiger partial charge in [0.2, 0.25) is 0 Å². The Bertz CT molecular complexity index is 940. The van der Waals surface area contributed by atoms with Crippen LogP contribution in [0.1, 0.15) is 90.2 Å². The van der Waals surface area contributed by atoms with Crippen LogP contribution < -0.4 is 0 Å². The molecule has 2 aliphatic rings. The molecule has 1 saturated carbocycles. The van der Waals surface area contributed by atoms with Gasteiger partial charge in [0.25, 0.3) is 5.91 Å². The Balaban J connectivity index is 1.55. The lowest BCUT2D eigenvalue weighted by Gasteiger charge is -2.45. The van der Waals surface area contributed by atoms with Crippen LogP contribution in [0, 0.1) is 16.7 Å². The predicted molar refractivity (Wildman–Crippen MR) is 135 cm³/mol. The zero-order chi connectivity index (χ0) is 23.4. The molecule has 2 aromatic rings. The molecule has 1 aromatic carbocycles. The molecule has 0 spiro atoms. The molecule has 1 unspecified atom stereocenters. The monoisotopic (exact) mass is 451 g/mol. The quantitative estimate of drug-likeness (QED) is 0.449. The van der Waals surface area contributed by atoms with E-state index >= 15 is 0 Å². The molecule has 2 fully saturated rings. The average molecular weight is 452 g/mol. The van der Waals surface area contributed by atoms with Gasteiger partial charge in [-0.2, -0.15) is 0 Å². The Morgan fingerprint density at radius 1 is 1.06 bits per heavy atom. The number of carbonyl (C=O) groups excluding carboxylic acids is 1. The summed E-state index contributed by atoms with van der Waals surface area (Å²) in [5.41, 5.74) is 2.06. The van der Waals surface area contributed by atoms with E-state index in [1.807, 2.05) is 6.07 Å². The number of piperidine rings is 1. The Morgan fingerprint density at radius 3 is 2.52 bits per heavy atom. The fraction of sp³-hybridized carbons (Fsp3) is 0.679. The minimum absolute atomic E-state index is 0.0805. The van der Waals surface area contributed by atoms with Crippen molar-refractivity contribution in [2.24, 2.45) is 17.0 Å². The maximum absolute atomic E-state index is 11.7. The van der Waals surface area contributed by atoms with E-state index in [1.165, 1.54) is 57.9 Å². The zero-order valence-corrected chi connectivity index (χ0v) is 20.7. The number of nitroso groups, excluding NO2 is 1. The first-order chi connectivity index (χ1) is 16.0. The summed E-state index contributed by atoms with van der Waals surface area (Å²) >= 11 is 0. The second kappa shape index (κ2) is 10.9. The first-order valence-corrected chi connectivity index (χ1v) is 13.2. The summed E-state index contributed by atoms with van der Waals surface area (Å²) in [6.07, 6.45) is 14.0. The number of para-hydroxylation sites is 1. The molecule has 5 nitrogen and oxygen atoms in total. The fourth-order valence-electron chi connectivity index (χ4n) is 6.59. The molecule has 4 rings (SSSR count). The van der Waals surface area contributed by atoms with Crippen LogP contribution in [0.15, 0.2) is 35.6 Å². The first-order valence-electron chi connectivity index (χ1n) is 13.2. The number of nitrogens with zero attached hydrogens (tertiary/aromatic N) is 3. The molecule has 1 amide bonds. The van der Waals surface area contributed by atoms with Crippen molar-refractivity contribution in [3.05, 3.63) is 40.9 Å². The lowest BCUT2D eigenvalue weighted by molar-refractivity contribution is -0.117. The molecule has 0 bridgehead atoms. The van der Waals surface area contributed by atoms with Gasteiger partial charge in [0.15, 0.2) is 0 Å². The van der Waals surface area contributed by atoms with E-state index in [4.69, 9.17) is 0 Å². The number of fused-ring (bicyclic) bond motifs is 1. The first kappa shape index (κ1) is 24.1. The van der Waals surface area contributed by atoms with E-state index in [9.17, 15) is 9.70 Å². The number of likely N-dealkylation sites (tertiary alicyclic amines) is 1. The van der Waals surface area contributed by atoms with Gasteiger partial charge in [0.1, 0.15) is 0 Å².